The Bertz CT molecular complexity index is 744. The van der Waals surface area contributed by atoms with E-state index in [-0.39, 0.29) is 30.4 Å². The van der Waals surface area contributed by atoms with Gasteiger partial charge in [0.05, 0.1) is 31.5 Å². The van der Waals surface area contributed by atoms with E-state index in [4.69, 9.17) is 9.47 Å². The van der Waals surface area contributed by atoms with Crippen LogP contribution in [0, 0.1) is 5.82 Å². The minimum absolute atomic E-state index is 0.114. The fraction of sp³-hybridized carbons (Fsp3) is 0.400. The molecule has 0 aliphatic carbocycles. The van der Waals surface area contributed by atoms with Gasteiger partial charge in [-0.3, -0.25) is 14.7 Å². The van der Waals surface area contributed by atoms with Crippen molar-refractivity contribution >= 4 is 5.91 Å². The van der Waals surface area contributed by atoms with E-state index in [1.165, 1.54) is 12.1 Å². The Morgan fingerprint density at radius 2 is 2.26 bits per heavy atom. The van der Waals surface area contributed by atoms with Crippen LogP contribution in [-0.4, -0.2) is 54.7 Å². The van der Waals surface area contributed by atoms with E-state index >= 15 is 0 Å². The fourth-order valence-corrected chi connectivity index (χ4v) is 3.03. The Labute approximate surface area is 158 Å². The van der Waals surface area contributed by atoms with Crippen molar-refractivity contribution in [3.63, 3.8) is 0 Å². The number of nitrogens with one attached hydrogen (secondary N) is 1. The number of pyridine rings is 1. The van der Waals surface area contributed by atoms with Crippen LogP contribution in [0.1, 0.15) is 12.1 Å². The van der Waals surface area contributed by atoms with E-state index in [9.17, 15) is 9.18 Å². The number of benzene rings is 1. The summed E-state index contributed by atoms with van der Waals surface area (Å²) in [5.74, 6) is -0.0125. The molecule has 3 rings (SSSR count). The molecule has 0 radical (unpaired) electrons. The highest BCUT2D eigenvalue weighted by atomic mass is 19.1. The fourth-order valence-electron chi connectivity index (χ4n) is 3.03. The predicted molar refractivity (Wildman–Crippen MR) is 98.8 cm³/mol. The van der Waals surface area contributed by atoms with Crippen molar-refractivity contribution in [2.75, 3.05) is 26.8 Å². The topological polar surface area (TPSA) is 63.7 Å². The SMILES string of the molecule is CN(CC(=O)N[C@@H]1COCC[C@@H]1Oc1cccc(F)c1)Cc1ccccn1. The van der Waals surface area contributed by atoms with E-state index in [0.29, 0.717) is 31.9 Å². The first-order valence-electron chi connectivity index (χ1n) is 8.98. The molecule has 7 heteroatoms. The van der Waals surface area contributed by atoms with Gasteiger partial charge in [0.25, 0.3) is 0 Å². The molecule has 1 aromatic heterocycles. The van der Waals surface area contributed by atoms with Gasteiger partial charge in [0.1, 0.15) is 17.7 Å². The van der Waals surface area contributed by atoms with Crippen LogP contribution in [0.15, 0.2) is 48.7 Å². The summed E-state index contributed by atoms with van der Waals surface area (Å²) in [7, 11) is 1.87. The molecule has 0 unspecified atom stereocenters. The molecular weight excluding hydrogens is 349 g/mol. The summed E-state index contributed by atoms with van der Waals surface area (Å²) in [5.41, 5.74) is 0.904. The lowest BCUT2D eigenvalue weighted by atomic mass is 10.1. The van der Waals surface area contributed by atoms with E-state index in [1.807, 2.05) is 30.1 Å². The standard InChI is InChI=1S/C20H24FN3O3/c1-24(12-16-6-2-3-9-22-16)13-20(25)23-18-14-26-10-8-19(18)27-17-7-4-5-15(21)11-17/h2-7,9,11,18-19H,8,10,12-14H2,1H3,(H,23,25)/t18-,19+/m1/s1. The Balaban J connectivity index is 1.53. The number of aromatic nitrogens is 1. The van der Waals surface area contributed by atoms with E-state index < -0.39 is 0 Å². The second kappa shape index (κ2) is 9.43. The van der Waals surface area contributed by atoms with E-state index in [0.717, 1.165) is 5.69 Å². The molecule has 0 bridgehead atoms. The average Bonchev–Trinajstić information content (AvgIpc) is 2.64. The number of ether oxygens (including phenoxy) is 2. The Morgan fingerprint density at radius 1 is 1.37 bits per heavy atom. The van der Waals surface area contributed by atoms with Crippen LogP contribution in [0.4, 0.5) is 4.39 Å². The van der Waals surface area contributed by atoms with Gasteiger partial charge in [-0.15, -0.1) is 0 Å². The highest BCUT2D eigenvalue weighted by molar-refractivity contribution is 5.78. The molecule has 1 aliphatic rings. The zero-order chi connectivity index (χ0) is 19.1. The molecule has 144 valence electrons. The second-order valence-electron chi connectivity index (χ2n) is 6.64. The molecule has 2 aromatic rings. The first kappa shape index (κ1) is 19.3. The summed E-state index contributed by atoms with van der Waals surface area (Å²) in [5, 5.41) is 2.98. The molecule has 0 saturated carbocycles. The smallest absolute Gasteiger partial charge is 0.234 e. The molecular formula is C20H24FN3O3. The summed E-state index contributed by atoms with van der Waals surface area (Å²) >= 11 is 0. The largest absolute Gasteiger partial charge is 0.488 e. The van der Waals surface area contributed by atoms with Gasteiger partial charge in [-0.2, -0.15) is 0 Å². The normalized spacial score (nSPS) is 19.7. The Hall–Kier alpha value is -2.51. The van der Waals surface area contributed by atoms with Crippen LogP contribution in [0.2, 0.25) is 0 Å². The van der Waals surface area contributed by atoms with Gasteiger partial charge < -0.3 is 14.8 Å². The molecule has 6 nitrogen and oxygen atoms in total. The predicted octanol–water partition coefficient (Wildman–Crippen LogP) is 2.01. The van der Waals surface area contributed by atoms with Gasteiger partial charge in [0, 0.05) is 25.2 Å². The number of likely N-dealkylation sites (N-methyl/N-ethyl adjacent to an activating group) is 1. The Kier molecular flexibility index (Phi) is 6.73. The van der Waals surface area contributed by atoms with Gasteiger partial charge in [-0.25, -0.2) is 4.39 Å². The van der Waals surface area contributed by atoms with Crippen LogP contribution in [0.3, 0.4) is 0 Å². The summed E-state index contributed by atoms with van der Waals surface area (Å²) in [6.07, 6.45) is 2.10. The average molecular weight is 373 g/mol. The van der Waals surface area contributed by atoms with Gasteiger partial charge in [0.15, 0.2) is 0 Å². The third-order valence-electron chi connectivity index (χ3n) is 4.29. The van der Waals surface area contributed by atoms with Crippen molar-refractivity contribution in [1.29, 1.82) is 0 Å². The summed E-state index contributed by atoms with van der Waals surface area (Å²) in [6, 6.07) is 11.4. The summed E-state index contributed by atoms with van der Waals surface area (Å²) in [6.45, 7) is 1.74. The van der Waals surface area contributed by atoms with Gasteiger partial charge in [-0.1, -0.05) is 12.1 Å². The molecule has 27 heavy (non-hydrogen) atoms. The molecule has 2 heterocycles. The molecule has 0 spiro atoms. The highest BCUT2D eigenvalue weighted by Gasteiger charge is 2.29. The highest BCUT2D eigenvalue weighted by Crippen LogP contribution is 2.19. The zero-order valence-corrected chi connectivity index (χ0v) is 15.3. The zero-order valence-electron chi connectivity index (χ0n) is 15.3. The van der Waals surface area contributed by atoms with Crippen molar-refractivity contribution < 1.29 is 18.7 Å². The van der Waals surface area contributed by atoms with Gasteiger partial charge >= 0.3 is 0 Å². The van der Waals surface area contributed by atoms with Crippen LogP contribution in [-0.2, 0) is 16.1 Å². The van der Waals surface area contributed by atoms with Gasteiger partial charge in [0.2, 0.25) is 5.91 Å². The van der Waals surface area contributed by atoms with Crippen LogP contribution < -0.4 is 10.1 Å². The van der Waals surface area contributed by atoms with Crippen LogP contribution in [0.25, 0.3) is 0 Å². The molecule has 1 aliphatic heterocycles. The number of hydrogen-bond donors (Lipinski definition) is 1. The van der Waals surface area contributed by atoms with Crippen molar-refractivity contribution in [2.45, 2.75) is 25.1 Å². The first-order valence-corrected chi connectivity index (χ1v) is 8.98. The minimum atomic E-state index is -0.351. The van der Waals surface area contributed by atoms with Gasteiger partial charge in [-0.05, 0) is 31.3 Å². The van der Waals surface area contributed by atoms with Crippen molar-refractivity contribution in [3.8, 4) is 5.75 Å². The lowest BCUT2D eigenvalue weighted by molar-refractivity contribution is -0.125. The van der Waals surface area contributed by atoms with Crippen molar-refractivity contribution in [3.05, 3.63) is 60.2 Å². The van der Waals surface area contributed by atoms with E-state index in [2.05, 4.69) is 10.3 Å². The van der Waals surface area contributed by atoms with Crippen LogP contribution >= 0.6 is 0 Å². The lowest BCUT2D eigenvalue weighted by Gasteiger charge is -2.32. The number of carbonyl (C=O) groups excluding carboxylic acids is 1. The monoisotopic (exact) mass is 373 g/mol. The number of rotatable bonds is 7. The maximum Gasteiger partial charge on any atom is 0.234 e. The molecule has 1 amide bonds. The summed E-state index contributed by atoms with van der Waals surface area (Å²) in [4.78, 5) is 18.6. The van der Waals surface area contributed by atoms with Crippen molar-refractivity contribution in [2.24, 2.45) is 0 Å². The lowest BCUT2D eigenvalue weighted by Crippen LogP contribution is -2.53. The maximum atomic E-state index is 13.4. The number of carbonyl (C=O) groups is 1. The molecule has 1 saturated heterocycles. The molecule has 1 fully saturated rings. The molecule has 1 aromatic carbocycles. The van der Waals surface area contributed by atoms with E-state index in [1.54, 1.807) is 18.3 Å². The molecule has 2 atom stereocenters. The minimum Gasteiger partial charge on any atom is -0.488 e. The van der Waals surface area contributed by atoms with Crippen LogP contribution in [0.5, 0.6) is 5.75 Å². The number of nitrogens with zero attached hydrogens (tertiary/aromatic N) is 2. The Morgan fingerprint density at radius 3 is 3.04 bits per heavy atom. The first-order chi connectivity index (χ1) is 13.1. The summed E-state index contributed by atoms with van der Waals surface area (Å²) < 4.78 is 24.7. The molecule has 1 N–H and O–H groups in total. The van der Waals surface area contributed by atoms with Crippen molar-refractivity contribution in [1.82, 2.24) is 15.2 Å². The number of amides is 1. The number of halogens is 1. The quantitative estimate of drug-likeness (QED) is 0.804. The third-order valence-corrected chi connectivity index (χ3v) is 4.29. The third kappa shape index (κ3) is 6.01. The maximum absolute atomic E-state index is 13.4. The second-order valence-corrected chi connectivity index (χ2v) is 6.64. The number of hydrogen-bond acceptors (Lipinski definition) is 5.